The molecule has 0 saturated heterocycles. The Morgan fingerprint density at radius 2 is 1.93 bits per heavy atom. The summed E-state index contributed by atoms with van der Waals surface area (Å²) in [5, 5.41) is 1.32. The average molecular weight is 404 g/mol. The third-order valence-electron chi connectivity index (χ3n) is 5.13. The van der Waals surface area contributed by atoms with Crippen molar-refractivity contribution in [2.75, 3.05) is 5.75 Å². The van der Waals surface area contributed by atoms with Crippen LogP contribution in [-0.4, -0.2) is 25.7 Å². The second-order valence-corrected chi connectivity index (χ2v) is 9.33. The van der Waals surface area contributed by atoms with E-state index in [0.717, 1.165) is 32.2 Å². The fourth-order valence-electron chi connectivity index (χ4n) is 3.19. The molecule has 0 aliphatic heterocycles. The summed E-state index contributed by atoms with van der Waals surface area (Å²) in [6.07, 6.45) is 0. The lowest BCUT2D eigenvalue weighted by Crippen LogP contribution is -2.25. The fourth-order valence-corrected chi connectivity index (χ4v) is 5.27. The van der Waals surface area contributed by atoms with Crippen LogP contribution < -0.4 is 5.56 Å². The maximum Gasteiger partial charge on any atom is 0.263 e. The maximum absolute atomic E-state index is 13.1. The Balaban J connectivity index is 1.99. The Kier molecular flexibility index (Phi) is 5.36. The summed E-state index contributed by atoms with van der Waals surface area (Å²) in [5.74, 6) is 0.322. The SMILES string of the molecule is Cc1sc2nc(SCC(=O)c3cc(C)n(C)c3C)n(C(C)C)c(=O)c2c1C. The lowest BCUT2D eigenvalue weighted by molar-refractivity contribution is 0.102. The van der Waals surface area contributed by atoms with Gasteiger partial charge in [0.15, 0.2) is 10.9 Å². The number of carbonyl (C=O) groups excluding carboxylic acids is 1. The number of nitrogens with zero attached hydrogens (tertiary/aromatic N) is 3. The van der Waals surface area contributed by atoms with Gasteiger partial charge in [-0.25, -0.2) is 4.98 Å². The molecule has 7 heteroatoms. The molecule has 0 aliphatic rings. The molecule has 144 valence electrons. The highest BCUT2D eigenvalue weighted by Gasteiger charge is 2.20. The van der Waals surface area contributed by atoms with E-state index < -0.39 is 0 Å². The molecule has 0 amide bonds. The molecule has 0 saturated carbocycles. The summed E-state index contributed by atoms with van der Waals surface area (Å²) in [6, 6.07) is 1.91. The Hall–Kier alpha value is -1.86. The Bertz CT molecular complexity index is 1100. The van der Waals surface area contributed by atoms with E-state index in [1.54, 1.807) is 4.57 Å². The van der Waals surface area contributed by atoms with Crippen molar-refractivity contribution in [3.63, 3.8) is 0 Å². The van der Waals surface area contributed by atoms with Crippen LogP contribution in [0.4, 0.5) is 0 Å². The van der Waals surface area contributed by atoms with E-state index in [2.05, 4.69) is 0 Å². The first-order valence-corrected chi connectivity index (χ1v) is 10.7. The summed E-state index contributed by atoms with van der Waals surface area (Å²) < 4.78 is 3.73. The molecule has 3 rings (SSSR count). The van der Waals surface area contributed by atoms with E-state index in [9.17, 15) is 9.59 Å². The van der Waals surface area contributed by atoms with Crippen LogP contribution in [0, 0.1) is 27.7 Å². The minimum absolute atomic E-state index is 0.0152. The molecule has 0 bridgehead atoms. The van der Waals surface area contributed by atoms with E-state index in [1.807, 2.05) is 59.2 Å². The van der Waals surface area contributed by atoms with Crippen molar-refractivity contribution in [1.82, 2.24) is 14.1 Å². The van der Waals surface area contributed by atoms with Crippen LogP contribution in [0.15, 0.2) is 16.0 Å². The number of Topliss-reactive ketones (excluding diaryl/α,β-unsaturated/α-hetero) is 1. The number of aromatic nitrogens is 3. The smallest absolute Gasteiger partial charge is 0.263 e. The molecule has 0 radical (unpaired) electrons. The first-order valence-electron chi connectivity index (χ1n) is 8.94. The van der Waals surface area contributed by atoms with E-state index in [-0.39, 0.29) is 23.1 Å². The summed E-state index contributed by atoms with van der Waals surface area (Å²) in [4.78, 5) is 32.4. The van der Waals surface area contributed by atoms with Crippen molar-refractivity contribution in [2.24, 2.45) is 7.05 Å². The van der Waals surface area contributed by atoms with E-state index in [0.29, 0.717) is 10.5 Å². The Morgan fingerprint density at radius 3 is 2.48 bits per heavy atom. The van der Waals surface area contributed by atoms with Gasteiger partial charge >= 0.3 is 0 Å². The van der Waals surface area contributed by atoms with Crippen LogP contribution in [0.2, 0.25) is 0 Å². The van der Waals surface area contributed by atoms with Crippen LogP contribution in [0.1, 0.15) is 52.1 Å². The number of fused-ring (bicyclic) bond motifs is 1. The van der Waals surface area contributed by atoms with Crippen molar-refractivity contribution in [3.8, 4) is 0 Å². The van der Waals surface area contributed by atoms with Crippen molar-refractivity contribution >= 4 is 39.1 Å². The van der Waals surface area contributed by atoms with Crippen molar-refractivity contribution in [3.05, 3.63) is 43.8 Å². The maximum atomic E-state index is 13.1. The minimum atomic E-state index is -0.0210. The van der Waals surface area contributed by atoms with Crippen molar-refractivity contribution in [1.29, 1.82) is 0 Å². The first kappa shape index (κ1) is 19.9. The molecule has 3 heterocycles. The van der Waals surface area contributed by atoms with Gasteiger partial charge in [0.25, 0.3) is 5.56 Å². The molecular weight excluding hydrogens is 378 g/mol. The monoisotopic (exact) mass is 403 g/mol. The van der Waals surface area contributed by atoms with Crippen molar-refractivity contribution < 1.29 is 4.79 Å². The van der Waals surface area contributed by atoms with Gasteiger partial charge in [-0.15, -0.1) is 11.3 Å². The second-order valence-electron chi connectivity index (χ2n) is 7.18. The van der Waals surface area contributed by atoms with Crippen LogP contribution in [0.25, 0.3) is 10.2 Å². The van der Waals surface area contributed by atoms with Gasteiger partial charge < -0.3 is 4.57 Å². The first-order chi connectivity index (χ1) is 12.6. The molecule has 0 aliphatic carbocycles. The molecule has 5 nitrogen and oxygen atoms in total. The zero-order valence-electron chi connectivity index (χ0n) is 16.8. The van der Waals surface area contributed by atoms with E-state index in [1.165, 1.54) is 23.1 Å². The average Bonchev–Trinajstić information content (AvgIpc) is 3.03. The normalized spacial score (nSPS) is 11.7. The molecule has 0 aromatic carbocycles. The third kappa shape index (κ3) is 3.38. The molecular formula is C20H25N3O2S2. The zero-order valence-corrected chi connectivity index (χ0v) is 18.5. The summed E-state index contributed by atoms with van der Waals surface area (Å²) >= 11 is 2.89. The fraction of sp³-hybridized carbons (Fsp3) is 0.450. The van der Waals surface area contributed by atoms with Gasteiger partial charge in [0.05, 0.1) is 11.1 Å². The summed E-state index contributed by atoms with van der Waals surface area (Å²) in [5.41, 5.74) is 3.75. The van der Waals surface area contributed by atoms with Gasteiger partial charge in [0.1, 0.15) is 4.83 Å². The number of aryl methyl sites for hydroxylation is 3. The molecule has 0 N–H and O–H groups in total. The molecule has 0 atom stereocenters. The van der Waals surface area contributed by atoms with Gasteiger partial charge in [-0.1, -0.05) is 11.8 Å². The van der Waals surface area contributed by atoms with Crippen LogP contribution in [-0.2, 0) is 7.05 Å². The highest BCUT2D eigenvalue weighted by Crippen LogP contribution is 2.30. The molecule has 3 aromatic heterocycles. The highest BCUT2D eigenvalue weighted by atomic mass is 32.2. The molecule has 0 spiro atoms. The minimum Gasteiger partial charge on any atom is -0.351 e. The third-order valence-corrected chi connectivity index (χ3v) is 7.18. The van der Waals surface area contributed by atoms with Gasteiger partial charge in [-0.05, 0) is 53.2 Å². The van der Waals surface area contributed by atoms with Gasteiger partial charge in [-0.2, -0.15) is 0 Å². The number of rotatable bonds is 5. The standard InChI is InChI=1S/C20H25N3O2S2/c1-10(2)23-19(25)17-12(4)14(6)27-18(17)21-20(23)26-9-16(24)15-8-11(3)22(7)13(15)5/h8,10H,9H2,1-7H3. The zero-order chi connectivity index (χ0) is 20.0. The van der Waals surface area contributed by atoms with E-state index >= 15 is 0 Å². The van der Waals surface area contributed by atoms with Crippen LogP contribution >= 0.6 is 23.1 Å². The van der Waals surface area contributed by atoms with E-state index in [4.69, 9.17) is 4.98 Å². The number of hydrogen-bond donors (Lipinski definition) is 0. The molecule has 0 unspecified atom stereocenters. The highest BCUT2D eigenvalue weighted by molar-refractivity contribution is 7.99. The molecule has 3 aromatic rings. The predicted octanol–water partition coefficient (Wildman–Crippen LogP) is 4.59. The molecule has 27 heavy (non-hydrogen) atoms. The number of carbonyl (C=O) groups is 1. The quantitative estimate of drug-likeness (QED) is 0.355. The Morgan fingerprint density at radius 1 is 1.26 bits per heavy atom. The number of thiophene rings is 1. The lowest BCUT2D eigenvalue weighted by atomic mass is 10.2. The number of thioether (sulfide) groups is 1. The summed E-state index contributed by atoms with van der Waals surface area (Å²) in [6.45, 7) is 11.9. The molecule has 0 fully saturated rings. The van der Waals surface area contributed by atoms with Crippen molar-refractivity contribution in [2.45, 2.75) is 52.7 Å². The number of hydrogen-bond acceptors (Lipinski definition) is 5. The van der Waals surface area contributed by atoms with Gasteiger partial charge in [-0.3, -0.25) is 14.2 Å². The second kappa shape index (κ2) is 7.28. The summed E-state index contributed by atoms with van der Waals surface area (Å²) in [7, 11) is 1.96. The van der Waals surface area contributed by atoms with Gasteiger partial charge in [0.2, 0.25) is 0 Å². The van der Waals surface area contributed by atoms with Gasteiger partial charge in [0, 0.05) is 34.9 Å². The van der Waals surface area contributed by atoms with Crippen LogP contribution in [0.3, 0.4) is 0 Å². The predicted molar refractivity (Wildman–Crippen MR) is 114 cm³/mol. The number of ketones is 1. The lowest BCUT2D eigenvalue weighted by Gasteiger charge is -2.15. The topological polar surface area (TPSA) is 56.9 Å². The largest absolute Gasteiger partial charge is 0.351 e. The Labute approximate surface area is 167 Å². The van der Waals surface area contributed by atoms with Crippen LogP contribution in [0.5, 0.6) is 0 Å².